The van der Waals surface area contributed by atoms with Crippen LogP contribution in [0.5, 0.6) is 0 Å². The van der Waals surface area contributed by atoms with Crippen LogP contribution in [0.1, 0.15) is 25.2 Å². The lowest BCUT2D eigenvalue weighted by atomic mass is 9.79. The average molecular weight is 466 g/mol. The topological polar surface area (TPSA) is 35.9 Å². The molecular weight excluding hydrogens is 442 g/mol. The molecule has 0 unspecified atom stereocenters. The Hall–Kier alpha value is -4.57. The molecule has 7 aromatic rings. The normalized spacial score (nSPS) is 14.1. The van der Waals surface area contributed by atoms with E-state index in [4.69, 9.17) is 9.40 Å². The van der Waals surface area contributed by atoms with Gasteiger partial charge in [0, 0.05) is 28.1 Å². The molecule has 8 rings (SSSR count). The van der Waals surface area contributed by atoms with E-state index in [2.05, 4.69) is 108 Å². The van der Waals surface area contributed by atoms with Crippen LogP contribution in [0.15, 0.2) is 108 Å². The van der Waals surface area contributed by atoms with Gasteiger partial charge in [0.2, 0.25) is 0 Å². The van der Waals surface area contributed by atoms with Crippen molar-refractivity contribution in [3.63, 3.8) is 0 Å². The Balaban J connectivity index is 1.46. The van der Waals surface area contributed by atoms with E-state index in [9.17, 15) is 0 Å². The molecular formula is C32H23N3O. The van der Waals surface area contributed by atoms with Crippen LogP contribution in [0.3, 0.4) is 0 Å². The number of rotatable bonds is 2. The third kappa shape index (κ3) is 2.41. The molecule has 36 heavy (non-hydrogen) atoms. The Morgan fingerprint density at radius 1 is 0.722 bits per heavy atom. The van der Waals surface area contributed by atoms with E-state index >= 15 is 0 Å². The minimum absolute atomic E-state index is 0.202. The molecule has 3 aromatic heterocycles. The summed E-state index contributed by atoms with van der Waals surface area (Å²) in [5.74, 6) is 1.95. The summed E-state index contributed by atoms with van der Waals surface area (Å²) >= 11 is 0. The zero-order chi connectivity index (χ0) is 24.0. The second kappa shape index (κ2) is 6.76. The quantitative estimate of drug-likeness (QED) is 0.259. The summed E-state index contributed by atoms with van der Waals surface area (Å²) in [6, 6.07) is 34.3. The molecule has 4 nitrogen and oxygen atoms in total. The summed E-state index contributed by atoms with van der Waals surface area (Å²) in [7, 11) is 0. The molecule has 0 saturated heterocycles. The Morgan fingerprint density at radius 3 is 2.44 bits per heavy atom. The lowest BCUT2D eigenvalue weighted by molar-refractivity contribution is 0.425. The van der Waals surface area contributed by atoms with Crippen molar-refractivity contribution in [1.29, 1.82) is 0 Å². The lowest BCUT2D eigenvalue weighted by Gasteiger charge is -2.30. The van der Waals surface area contributed by atoms with Crippen molar-refractivity contribution in [2.75, 3.05) is 0 Å². The number of aromatic nitrogens is 3. The maximum Gasteiger partial charge on any atom is 0.145 e. The van der Waals surface area contributed by atoms with Gasteiger partial charge in [0.25, 0.3) is 0 Å². The average Bonchev–Trinajstić information content (AvgIpc) is 3.62. The molecule has 0 fully saturated rings. The lowest BCUT2D eigenvalue weighted by Crippen LogP contribution is -2.24. The van der Waals surface area contributed by atoms with E-state index in [1.54, 1.807) is 0 Å². The van der Waals surface area contributed by atoms with Crippen LogP contribution in [-0.2, 0) is 5.41 Å². The molecule has 1 aliphatic rings. The SMILES string of the molecule is CC1(C)c2occc2-n2c3ccc(-c4nc5ccccc5n4-c4ccccc4)cc3c3cccc1c32. The van der Waals surface area contributed by atoms with E-state index in [0.717, 1.165) is 39.6 Å². The Kier molecular flexibility index (Phi) is 3.70. The van der Waals surface area contributed by atoms with Crippen LogP contribution in [0.4, 0.5) is 0 Å². The van der Waals surface area contributed by atoms with Gasteiger partial charge >= 0.3 is 0 Å². The van der Waals surface area contributed by atoms with Gasteiger partial charge in [-0.2, -0.15) is 0 Å². The van der Waals surface area contributed by atoms with Crippen LogP contribution in [0, 0.1) is 0 Å². The van der Waals surface area contributed by atoms with Gasteiger partial charge in [-0.15, -0.1) is 0 Å². The van der Waals surface area contributed by atoms with Crippen LogP contribution in [0.2, 0.25) is 0 Å². The number of imidazole rings is 1. The maximum absolute atomic E-state index is 6.03. The molecule has 0 aliphatic carbocycles. The number of para-hydroxylation sites is 4. The van der Waals surface area contributed by atoms with E-state index < -0.39 is 0 Å². The van der Waals surface area contributed by atoms with E-state index in [1.807, 2.05) is 18.4 Å². The van der Waals surface area contributed by atoms with Crippen LogP contribution in [0.25, 0.3) is 55.6 Å². The number of hydrogen-bond acceptors (Lipinski definition) is 2. The van der Waals surface area contributed by atoms with Crippen molar-refractivity contribution in [3.8, 4) is 22.8 Å². The molecule has 0 radical (unpaired) electrons. The summed E-state index contributed by atoms with van der Waals surface area (Å²) in [6.45, 7) is 4.50. The first-order valence-corrected chi connectivity index (χ1v) is 12.3. The Bertz CT molecular complexity index is 1970. The van der Waals surface area contributed by atoms with Gasteiger partial charge in [0.1, 0.15) is 11.6 Å². The van der Waals surface area contributed by atoms with Gasteiger partial charge in [-0.25, -0.2) is 4.98 Å². The second-order valence-corrected chi connectivity index (χ2v) is 10.1. The Labute approximate surface area is 208 Å². The van der Waals surface area contributed by atoms with Crippen molar-refractivity contribution in [1.82, 2.24) is 14.1 Å². The van der Waals surface area contributed by atoms with Crippen molar-refractivity contribution < 1.29 is 4.42 Å². The van der Waals surface area contributed by atoms with Crippen molar-refractivity contribution in [2.24, 2.45) is 0 Å². The fraction of sp³-hybridized carbons (Fsp3) is 0.0938. The summed E-state index contributed by atoms with van der Waals surface area (Å²) in [6.07, 6.45) is 1.81. The van der Waals surface area contributed by atoms with E-state index in [1.165, 1.54) is 27.4 Å². The summed E-state index contributed by atoms with van der Waals surface area (Å²) in [5, 5.41) is 2.48. The molecule has 4 heterocycles. The Morgan fingerprint density at radius 2 is 1.56 bits per heavy atom. The fourth-order valence-electron chi connectivity index (χ4n) is 6.09. The smallest absolute Gasteiger partial charge is 0.145 e. The molecule has 0 saturated carbocycles. The highest BCUT2D eigenvalue weighted by atomic mass is 16.3. The monoisotopic (exact) mass is 465 g/mol. The minimum Gasteiger partial charge on any atom is -0.466 e. The predicted octanol–water partition coefficient (Wildman–Crippen LogP) is 8.02. The number of benzene rings is 4. The molecule has 172 valence electrons. The molecule has 0 bridgehead atoms. The minimum atomic E-state index is -0.202. The van der Waals surface area contributed by atoms with Crippen LogP contribution < -0.4 is 0 Å². The van der Waals surface area contributed by atoms with Crippen LogP contribution in [-0.4, -0.2) is 14.1 Å². The third-order valence-electron chi connectivity index (χ3n) is 7.75. The predicted molar refractivity (Wildman–Crippen MR) is 145 cm³/mol. The molecule has 0 atom stereocenters. The van der Waals surface area contributed by atoms with Gasteiger partial charge in [-0.3, -0.25) is 4.57 Å². The molecule has 4 aromatic carbocycles. The zero-order valence-corrected chi connectivity index (χ0v) is 20.1. The number of hydrogen-bond donors (Lipinski definition) is 0. The number of fused-ring (bicyclic) bond motifs is 6. The highest BCUT2D eigenvalue weighted by molar-refractivity contribution is 6.12. The molecule has 0 amide bonds. The van der Waals surface area contributed by atoms with Gasteiger partial charge in [-0.05, 0) is 61.9 Å². The van der Waals surface area contributed by atoms with Crippen molar-refractivity contribution in [2.45, 2.75) is 19.3 Å². The van der Waals surface area contributed by atoms with Gasteiger partial charge in [0.05, 0.1) is 39.4 Å². The fourth-order valence-corrected chi connectivity index (χ4v) is 6.09. The largest absolute Gasteiger partial charge is 0.466 e. The second-order valence-electron chi connectivity index (χ2n) is 10.1. The first kappa shape index (κ1) is 19.7. The first-order chi connectivity index (χ1) is 17.6. The van der Waals surface area contributed by atoms with Crippen LogP contribution >= 0.6 is 0 Å². The standard InChI is InChI=1S/C32H23N3O/c1-32(2)24-12-8-11-22-23-19-20(15-16-26(23)35(29(22)24)28-17-18-36-30(28)32)31-33-25-13-6-7-14-27(25)34(31)21-9-4-3-5-10-21/h3-19H,1-2H3. The van der Waals surface area contributed by atoms with Crippen molar-refractivity contribution in [3.05, 3.63) is 115 Å². The zero-order valence-electron chi connectivity index (χ0n) is 20.1. The number of furan rings is 1. The van der Waals surface area contributed by atoms with Gasteiger partial charge in [0.15, 0.2) is 0 Å². The molecule has 0 spiro atoms. The summed E-state index contributed by atoms with van der Waals surface area (Å²) in [5.41, 5.74) is 8.95. The molecule has 1 aliphatic heterocycles. The van der Waals surface area contributed by atoms with E-state index in [0.29, 0.717) is 0 Å². The highest BCUT2D eigenvalue weighted by Gasteiger charge is 2.37. The first-order valence-electron chi connectivity index (χ1n) is 12.3. The summed E-state index contributed by atoms with van der Waals surface area (Å²) < 4.78 is 10.7. The molecule has 4 heteroatoms. The maximum atomic E-state index is 6.03. The highest BCUT2D eigenvalue weighted by Crippen LogP contribution is 2.48. The third-order valence-corrected chi connectivity index (χ3v) is 7.75. The number of nitrogens with zero attached hydrogens (tertiary/aromatic N) is 3. The summed E-state index contributed by atoms with van der Waals surface area (Å²) in [4.78, 5) is 5.09. The molecule has 0 N–H and O–H groups in total. The van der Waals surface area contributed by atoms with Gasteiger partial charge in [-0.1, -0.05) is 48.5 Å². The van der Waals surface area contributed by atoms with E-state index in [-0.39, 0.29) is 5.41 Å². The van der Waals surface area contributed by atoms with Crippen molar-refractivity contribution >= 4 is 32.8 Å². The van der Waals surface area contributed by atoms with Gasteiger partial charge < -0.3 is 8.98 Å².